The molecule has 0 unspecified atom stereocenters. The van der Waals surface area contributed by atoms with Crippen LogP contribution in [-0.4, -0.2) is 32.6 Å². The lowest BCUT2D eigenvalue weighted by atomic mass is 9.92. The molecule has 0 radical (unpaired) electrons. The Kier molecular flexibility index (Phi) is 6.29. The zero-order chi connectivity index (χ0) is 24.4. The van der Waals surface area contributed by atoms with E-state index in [0.29, 0.717) is 24.9 Å². The molecular formula is C29H28N4O2. The first-order valence-electron chi connectivity index (χ1n) is 11.8. The van der Waals surface area contributed by atoms with E-state index in [0.717, 1.165) is 28.2 Å². The third kappa shape index (κ3) is 4.79. The average molecular weight is 465 g/mol. The number of rotatable bonds is 6. The van der Waals surface area contributed by atoms with Gasteiger partial charge in [0.25, 0.3) is 0 Å². The molecule has 35 heavy (non-hydrogen) atoms. The predicted octanol–water partition coefficient (Wildman–Crippen LogP) is 4.48. The van der Waals surface area contributed by atoms with Gasteiger partial charge in [-0.3, -0.25) is 9.59 Å². The number of H-pyrrole nitrogens is 1. The molecule has 2 heterocycles. The molecule has 0 saturated heterocycles. The van der Waals surface area contributed by atoms with Crippen LogP contribution < -0.4 is 5.73 Å². The fourth-order valence-corrected chi connectivity index (χ4v) is 4.70. The van der Waals surface area contributed by atoms with Crippen molar-refractivity contribution in [2.75, 3.05) is 0 Å². The molecule has 2 atom stereocenters. The van der Waals surface area contributed by atoms with Gasteiger partial charge in [-0.1, -0.05) is 78.9 Å². The maximum Gasteiger partial charge on any atom is 0.240 e. The number of benzene rings is 3. The first-order chi connectivity index (χ1) is 17.0. The molecule has 4 aromatic rings. The van der Waals surface area contributed by atoms with Gasteiger partial charge in [-0.2, -0.15) is 0 Å². The number of aromatic nitrogens is 2. The van der Waals surface area contributed by atoms with Gasteiger partial charge in [0.15, 0.2) is 5.78 Å². The van der Waals surface area contributed by atoms with E-state index < -0.39 is 6.04 Å². The molecule has 176 valence electrons. The summed E-state index contributed by atoms with van der Waals surface area (Å²) in [7, 11) is 0. The molecule has 1 aromatic heterocycles. The molecular weight excluding hydrogens is 436 g/mol. The number of hydrogen-bond donors (Lipinski definition) is 2. The molecule has 0 bridgehead atoms. The number of Topliss-reactive ketones (excluding diaryl/α,β-unsaturated/α-hetero) is 1. The fraction of sp³-hybridized carbons (Fsp3) is 0.207. The van der Waals surface area contributed by atoms with Crippen LogP contribution in [0.3, 0.4) is 0 Å². The summed E-state index contributed by atoms with van der Waals surface area (Å²) in [6.07, 6.45) is 2.89. The van der Waals surface area contributed by atoms with Gasteiger partial charge in [-0.25, -0.2) is 4.98 Å². The fourth-order valence-electron chi connectivity index (χ4n) is 4.70. The van der Waals surface area contributed by atoms with Gasteiger partial charge < -0.3 is 15.6 Å². The highest BCUT2D eigenvalue weighted by Gasteiger charge is 2.35. The molecule has 1 aliphatic rings. The first-order valence-corrected chi connectivity index (χ1v) is 11.8. The number of nitrogens with two attached hydrogens (primary N) is 1. The lowest BCUT2D eigenvalue weighted by Gasteiger charge is -2.37. The highest BCUT2D eigenvalue weighted by atomic mass is 16.2. The van der Waals surface area contributed by atoms with Gasteiger partial charge in [0.2, 0.25) is 5.91 Å². The van der Waals surface area contributed by atoms with Crippen LogP contribution in [-0.2, 0) is 24.2 Å². The Bertz CT molecular complexity index is 1340. The number of amides is 1. The van der Waals surface area contributed by atoms with E-state index in [-0.39, 0.29) is 17.7 Å². The van der Waals surface area contributed by atoms with Gasteiger partial charge >= 0.3 is 0 Å². The van der Waals surface area contributed by atoms with Crippen LogP contribution in [0.5, 0.6) is 0 Å². The summed E-state index contributed by atoms with van der Waals surface area (Å²) in [5.74, 6) is 0.655. The van der Waals surface area contributed by atoms with Crippen molar-refractivity contribution in [1.82, 2.24) is 14.9 Å². The van der Waals surface area contributed by atoms with E-state index in [2.05, 4.69) is 22.1 Å². The number of ketones is 1. The summed E-state index contributed by atoms with van der Waals surface area (Å²) in [5, 5.41) is 0. The molecule has 1 amide bonds. The Balaban J connectivity index is 1.41. The molecule has 0 aliphatic carbocycles. The standard InChI is InChI=1S/C29H28N4O2/c1-19(34)21-13-11-20(12-14-21)15-25(30)29(35)33-18-24-10-6-5-9-23(24)16-27(33)28-31-17-26(32-28)22-7-3-2-4-8-22/h2-14,17,25,27H,15-16,18,30H2,1H3,(H,31,32)/t25-,27-/m0/s1. The lowest BCUT2D eigenvalue weighted by Crippen LogP contribution is -2.48. The Morgan fingerprint density at radius 1 is 1.00 bits per heavy atom. The van der Waals surface area contributed by atoms with E-state index in [1.807, 2.05) is 65.7 Å². The number of carbonyl (C=O) groups is 2. The van der Waals surface area contributed by atoms with Crippen molar-refractivity contribution in [3.63, 3.8) is 0 Å². The minimum Gasteiger partial charge on any atom is -0.340 e. The number of nitrogens with zero attached hydrogens (tertiary/aromatic N) is 2. The van der Waals surface area contributed by atoms with Crippen molar-refractivity contribution in [1.29, 1.82) is 0 Å². The van der Waals surface area contributed by atoms with E-state index in [9.17, 15) is 9.59 Å². The predicted molar refractivity (Wildman–Crippen MR) is 136 cm³/mol. The van der Waals surface area contributed by atoms with Crippen molar-refractivity contribution >= 4 is 11.7 Å². The lowest BCUT2D eigenvalue weighted by molar-refractivity contribution is -0.136. The number of aromatic amines is 1. The van der Waals surface area contributed by atoms with Gasteiger partial charge in [-0.15, -0.1) is 0 Å². The zero-order valence-electron chi connectivity index (χ0n) is 19.6. The summed E-state index contributed by atoms with van der Waals surface area (Å²) >= 11 is 0. The van der Waals surface area contributed by atoms with E-state index in [4.69, 9.17) is 5.73 Å². The number of imidazole rings is 1. The quantitative estimate of drug-likeness (QED) is 0.412. The van der Waals surface area contributed by atoms with Crippen molar-refractivity contribution in [2.24, 2.45) is 5.73 Å². The highest BCUT2D eigenvalue weighted by molar-refractivity contribution is 5.94. The van der Waals surface area contributed by atoms with E-state index in [1.165, 1.54) is 12.5 Å². The van der Waals surface area contributed by atoms with Crippen LogP contribution in [0.25, 0.3) is 11.3 Å². The summed E-state index contributed by atoms with van der Waals surface area (Å²) in [6, 6.07) is 24.6. The maximum absolute atomic E-state index is 13.7. The molecule has 0 fully saturated rings. The molecule has 6 nitrogen and oxygen atoms in total. The molecule has 3 aromatic carbocycles. The second-order valence-electron chi connectivity index (χ2n) is 9.07. The second kappa shape index (κ2) is 9.68. The topological polar surface area (TPSA) is 92.1 Å². The minimum atomic E-state index is -0.700. The summed E-state index contributed by atoms with van der Waals surface area (Å²) in [6.45, 7) is 2.02. The first kappa shape index (κ1) is 22.7. The molecule has 0 spiro atoms. The Morgan fingerprint density at radius 3 is 2.40 bits per heavy atom. The van der Waals surface area contributed by atoms with Gasteiger partial charge in [0.1, 0.15) is 5.82 Å². The van der Waals surface area contributed by atoms with Gasteiger partial charge in [0.05, 0.1) is 24.0 Å². The Hall–Kier alpha value is -4.03. The van der Waals surface area contributed by atoms with Crippen LogP contribution in [0.4, 0.5) is 0 Å². The number of carbonyl (C=O) groups excluding carboxylic acids is 2. The highest BCUT2D eigenvalue weighted by Crippen LogP contribution is 2.33. The number of fused-ring (bicyclic) bond motifs is 1. The largest absolute Gasteiger partial charge is 0.340 e. The SMILES string of the molecule is CC(=O)c1ccc(C[C@H](N)C(=O)N2Cc3ccccc3C[C@H]2c2ncc(-c3ccccc3)[nH]2)cc1. The van der Waals surface area contributed by atoms with Crippen LogP contribution in [0.2, 0.25) is 0 Å². The third-order valence-electron chi connectivity index (χ3n) is 6.66. The third-order valence-corrected chi connectivity index (χ3v) is 6.66. The van der Waals surface area contributed by atoms with Crippen LogP contribution >= 0.6 is 0 Å². The number of nitrogens with one attached hydrogen (secondary N) is 1. The molecule has 6 heteroatoms. The molecule has 0 saturated carbocycles. The van der Waals surface area contributed by atoms with Crippen LogP contribution in [0.1, 0.15) is 45.8 Å². The average Bonchev–Trinajstić information content (AvgIpc) is 3.38. The van der Waals surface area contributed by atoms with Crippen LogP contribution in [0, 0.1) is 0 Å². The number of hydrogen-bond acceptors (Lipinski definition) is 4. The van der Waals surface area contributed by atoms with E-state index >= 15 is 0 Å². The van der Waals surface area contributed by atoms with Gasteiger partial charge in [-0.05, 0) is 35.6 Å². The van der Waals surface area contributed by atoms with Crippen molar-refractivity contribution in [3.8, 4) is 11.3 Å². The maximum atomic E-state index is 13.7. The monoisotopic (exact) mass is 464 g/mol. The molecule has 1 aliphatic heterocycles. The molecule has 5 rings (SSSR count). The van der Waals surface area contributed by atoms with Crippen molar-refractivity contribution in [2.45, 2.75) is 38.4 Å². The molecule has 3 N–H and O–H groups in total. The van der Waals surface area contributed by atoms with E-state index in [1.54, 1.807) is 12.1 Å². The van der Waals surface area contributed by atoms with Crippen molar-refractivity contribution < 1.29 is 9.59 Å². The normalized spacial score (nSPS) is 15.9. The van der Waals surface area contributed by atoms with Crippen LogP contribution in [0.15, 0.2) is 85.1 Å². The Morgan fingerprint density at radius 2 is 1.69 bits per heavy atom. The second-order valence-corrected chi connectivity index (χ2v) is 9.07. The summed E-state index contributed by atoms with van der Waals surface area (Å²) in [4.78, 5) is 35.2. The Labute approximate surface area is 204 Å². The summed E-state index contributed by atoms with van der Waals surface area (Å²) < 4.78 is 0. The smallest absolute Gasteiger partial charge is 0.240 e. The zero-order valence-corrected chi connectivity index (χ0v) is 19.6. The van der Waals surface area contributed by atoms with Crippen molar-refractivity contribution in [3.05, 3.63) is 113 Å². The minimum absolute atomic E-state index is 0.0140. The van der Waals surface area contributed by atoms with Gasteiger partial charge in [0, 0.05) is 18.5 Å². The summed E-state index contributed by atoms with van der Waals surface area (Å²) in [5.41, 5.74) is 12.3.